The number of carbonyl (C=O) groups is 1. The lowest BCUT2D eigenvalue weighted by Crippen LogP contribution is -2.39. The fraction of sp³-hybridized carbons (Fsp3) is 0.273. The van der Waals surface area contributed by atoms with Crippen LogP contribution in [-0.2, 0) is 0 Å². The van der Waals surface area contributed by atoms with Crippen LogP contribution < -0.4 is 16.4 Å². The second-order valence-corrected chi connectivity index (χ2v) is 3.45. The van der Waals surface area contributed by atoms with Crippen molar-refractivity contribution in [2.75, 3.05) is 12.4 Å². The van der Waals surface area contributed by atoms with E-state index in [0.29, 0.717) is 5.96 Å². The van der Waals surface area contributed by atoms with Crippen LogP contribution in [0.4, 0.5) is 10.5 Å². The molecule has 0 fully saturated rings. The summed E-state index contributed by atoms with van der Waals surface area (Å²) >= 11 is 0. The van der Waals surface area contributed by atoms with Gasteiger partial charge < -0.3 is 11.1 Å². The molecule has 6 heteroatoms. The van der Waals surface area contributed by atoms with E-state index in [1.54, 1.807) is 7.05 Å². The van der Waals surface area contributed by atoms with Crippen LogP contribution >= 0.6 is 12.4 Å². The van der Waals surface area contributed by atoms with Gasteiger partial charge in [0.1, 0.15) is 0 Å². The summed E-state index contributed by atoms with van der Waals surface area (Å²) in [5.41, 5.74) is 8.11. The van der Waals surface area contributed by atoms with Crippen molar-refractivity contribution >= 4 is 30.1 Å². The van der Waals surface area contributed by atoms with E-state index in [1.165, 1.54) is 0 Å². The number of amides is 2. The Morgan fingerprint density at radius 2 is 1.82 bits per heavy atom. The van der Waals surface area contributed by atoms with Crippen LogP contribution in [0.25, 0.3) is 0 Å². The lowest BCUT2D eigenvalue weighted by Gasteiger charge is -2.13. The molecule has 1 rings (SSSR count). The minimum atomic E-state index is -0.640. The van der Waals surface area contributed by atoms with Crippen molar-refractivity contribution in [2.24, 2.45) is 10.7 Å². The molecule has 0 bridgehead atoms. The number of nitrogens with zero attached hydrogens (tertiary/aromatic N) is 1. The highest BCUT2D eigenvalue weighted by molar-refractivity contribution is 6.03. The summed E-state index contributed by atoms with van der Waals surface area (Å²) in [7, 11) is 1.58. The summed E-state index contributed by atoms with van der Waals surface area (Å²) in [6.07, 6.45) is 0. The van der Waals surface area contributed by atoms with Crippen molar-refractivity contribution in [1.29, 1.82) is 0 Å². The number of halogens is 1. The number of nitrogens with two attached hydrogens (primary N) is 1. The van der Waals surface area contributed by atoms with Gasteiger partial charge in [-0.2, -0.15) is 0 Å². The van der Waals surface area contributed by atoms with Crippen LogP contribution in [0.2, 0.25) is 0 Å². The number of benzene rings is 1. The predicted molar refractivity (Wildman–Crippen MR) is 72.9 cm³/mol. The monoisotopic (exact) mass is 256 g/mol. The van der Waals surface area contributed by atoms with Gasteiger partial charge in [0, 0.05) is 12.7 Å². The number of hydrogen-bond acceptors (Lipinski definition) is 2. The van der Waals surface area contributed by atoms with Crippen molar-refractivity contribution in [3.05, 3.63) is 29.3 Å². The summed E-state index contributed by atoms with van der Waals surface area (Å²) in [6, 6.07) is 5.29. The largest absolute Gasteiger partial charge is 0.351 e. The van der Waals surface area contributed by atoms with Crippen LogP contribution in [0.3, 0.4) is 0 Å². The molecule has 0 saturated carbocycles. The minimum absolute atomic E-state index is 0. The van der Waals surface area contributed by atoms with Gasteiger partial charge in [0.2, 0.25) is 5.96 Å². The third-order valence-electron chi connectivity index (χ3n) is 2.19. The van der Waals surface area contributed by atoms with E-state index in [2.05, 4.69) is 15.6 Å². The van der Waals surface area contributed by atoms with Gasteiger partial charge in [-0.05, 0) is 25.0 Å². The number of aliphatic imine (C=N–C) groups is 1. The standard InChI is InChI=1S/C11H16N4O.ClH/c1-7-5-4-6-8(2)9(7)14-11(13-3)15-10(12)16;/h4-6H,1-3H3,(H4,12,13,14,15,16);1H. The SMILES string of the molecule is C/N=C(\NC(N)=O)Nc1c(C)cccc1C.Cl. The molecular weight excluding hydrogens is 240 g/mol. The first-order valence-corrected chi connectivity index (χ1v) is 4.91. The summed E-state index contributed by atoms with van der Waals surface area (Å²) in [5.74, 6) is 0.338. The van der Waals surface area contributed by atoms with Crippen molar-refractivity contribution in [3.8, 4) is 0 Å². The number of para-hydroxylation sites is 1. The first kappa shape index (κ1) is 15.2. The Kier molecular flexibility index (Phi) is 6.06. The Morgan fingerprint density at radius 1 is 1.29 bits per heavy atom. The first-order chi connectivity index (χ1) is 7.54. The van der Waals surface area contributed by atoms with Crippen LogP contribution in [0.5, 0.6) is 0 Å². The van der Waals surface area contributed by atoms with Gasteiger partial charge in [0.05, 0.1) is 0 Å². The minimum Gasteiger partial charge on any atom is -0.351 e. The average molecular weight is 257 g/mol. The number of primary amides is 1. The van der Waals surface area contributed by atoms with Gasteiger partial charge in [-0.3, -0.25) is 10.3 Å². The normalized spacial score (nSPS) is 10.4. The van der Waals surface area contributed by atoms with Crippen molar-refractivity contribution in [1.82, 2.24) is 5.32 Å². The Morgan fingerprint density at radius 3 is 2.24 bits per heavy atom. The molecule has 0 unspecified atom stereocenters. The summed E-state index contributed by atoms with van der Waals surface area (Å²) in [4.78, 5) is 14.6. The molecule has 2 amide bonds. The number of rotatable bonds is 1. The molecule has 0 saturated heterocycles. The average Bonchev–Trinajstić information content (AvgIpc) is 2.21. The highest BCUT2D eigenvalue weighted by Crippen LogP contribution is 2.18. The second kappa shape index (κ2) is 6.75. The molecular formula is C11H17ClN4O. The fourth-order valence-electron chi connectivity index (χ4n) is 1.39. The maximum atomic E-state index is 10.7. The maximum absolute atomic E-state index is 10.7. The number of carbonyl (C=O) groups excluding carboxylic acids is 1. The van der Waals surface area contributed by atoms with Gasteiger partial charge in [0.15, 0.2) is 0 Å². The molecule has 1 aromatic carbocycles. The summed E-state index contributed by atoms with van der Waals surface area (Å²) < 4.78 is 0. The topological polar surface area (TPSA) is 79.5 Å². The number of anilines is 1. The van der Waals surface area contributed by atoms with Gasteiger partial charge in [-0.25, -0.2) is 4.79 Å². The fourth-order valence-corrected chi connectivity index (χ4v) is 1.39. The maximum Gasteiger partial charge on any atom is 0.318 e. The third kappa shape index (κ3) is 4.32. The molecule has 0 atom stereocenters. The molecule has 0 radical (unpaired) electrons. The van der Waals surface area contributed by atoms with E-state index in [-0.39, 0.29) is 12.4 Å². The van der Waals surface area contributed by atoms with Crippen molar-refractivity contribution in [3.63, 3.8) is 0 Å². The van der Waals surface area contributed by atoms with E-state index in [9.17, 15) is 4.79 Å². The predicted octanol–water partition coefficient (Wildman–Crippen LogP) is 1.79. The Labute approximate surface area is 107 Å². The lowest BCUT2D eigenvalue weighted by molar-refractivity contribution is 0.253. The Bertz CT molecular complexity index is 411. The molecule has 4 N–H and O–H groups in total. The lowest BCUT2D eigenvalue weighted by atomic mass is 10.1. The van der Waals surface area contributed by atoms with Crippen molar-refractivity contribution in [2.45, 2.75) is 13.8 Å². The number of urea groups is 1. The van der Waals surface area contributed by atoms with E-state index in [1.807, 2.05) is 32.0 Å². The zero-order valence-electron chi connectivity index (χ0n) is 10.1. The van der Waals surface area contributed by atoms with E-state index < -0.39 is 6.03 Å². The molecule has 17 heavy (non-hydrogen) atoms. The zero-order chi connectivity index (χ0) is 12.1. The molecule has 94 valence electrons. The molecule has 0 aliphatic heterocycles. The third-order valence-corrected chi connectivity index (χ3v) is 2.19. The molecule has 1 aromatic rings. The quantitative estimate of drug-likeness (QED) is 0.529. The highest BCUT2D eigenvalue weighted by Gasteiger charge is 2.06. The van der Waals surface area contributed by atoms with Crippen LogP contribution in [0.15, 0.2) is 23.2 Å². The number of aryl methyl sites for hydroxylation is 2. The smallest absolute Gasteiger partial charge is 0.318 e. The first-order valence-electron chi connectivity index (χ1n) is 4.91. The van der Waals surface area contributed by atoms with Crippen molar-refractivity contribution < 1.29 is 4.79 Å². The van der Waals surface area contributed by atoms with E-state index in [4.69, 9.17) is 5.73 Å². The molecule has 0 aliphatic rings. The van der Waals surface area contributed by atoms with Crippen LogP contribution in [0, 0.1) is 13.8 Å². The van der Waals surface area contributed by atoms with E-state index in [0.717, 1.165) is 16.8 Å². The Hall–Kier alpha value is -1.75. The van der Waals surface area contributed by atoms with Gasteiger partial charge in [-0.15, -0.1) is 12.4 Å². The Balaban J connectivity index is 0.00000256. The second-order valence-electron chi connectivity index (χ2n) is 3.45. The molecule has 0 spiro atoms. The summed E-state index contributed by atoms with van der Waals surface area (Å²) in [6.45, 7) is 3.96. The number of nitrogens with one attached hydrogen (secondary N) is 2. The van der Waals surface area contributed by atoms with Gasteiger partial charge in [0.25, 0.3) is 0 Å². The van der Waals surface area contributed by atoms with Gasteiger partial charge in [-0.1, -0.05) is 18.2 Å². The molecule has 0 heterocycles. The molecule has 0 aromatic heterocycles. The number of hydrogen-bond donors (Lipinski definition) is 3. The van der Waals surface area contributed by atoms with Gasteiger partial charge >= 0.3 is 6.03 Å². The summed E-state index contributed by atoms with van der Waals surface area (Å²) in [5, 5.41) is 5.44. The van der Waals surface area contributed by atoms with Crippen LogP contribution in [0.1, 0.15) is 11.1 Å². The molecule has 5 nitrogen and oxygen atoms in total. The zero-order valence-corrected chi connectivity index (χ0v) is 10.9. The number of guanidine groups is 1. The van der Waals surface area contributed by atoms with Crippen LogP contribution in [-0.4, -0.2) is 19.0 Å². The molecule has 0 aliphatic carbocycles. The van der Waals surface area contributed by atoms with E-state index >= 15 is 0 Å². The highest BCUT2D eigenvalue weighted by atomic mass is 35.5.